The summed E-state index contributed by atoms with van der Waals surface area (Å²) in [6.45, 7) is -1.75. The Morgan fingerprint density at radius 2 is 2.00 bits per heavy atom. The topological polar surface area (TPSA) is 98.5 Å². The smallest absolute Gasteiger partial charge is 0.402 e. The number of nitrogen functional groups attached to an aromatic ring is 1. The molecule has 0 saturated carbocycles. The molecule has 0 unspecified atom stereocenters. The van der Waals surface area contributed by atoms with E-state index in [2.05, 4.69) is 4.74 Å². The monoisotopic (exact) mass is 312 g/mol. The van der Waals surface area contributed by atoms with E-state index in [1.807, 2.05) is 0 Å². The van der Waals surface area contributed by atoms with E-state index in [-0.39, 0.29) is 5.69 Å². The van der Waals surface area contributed by atoms with Gasteiger partial charge in [-0.25, -0.2) is 17.9 Å². The maximum atomic E-state index is 12.1. The summed E-state index contributed by atoms with van der Waals surface area (Å²) < 4.78 is 65.4. The molecule has 6 nitrogen and oxygen atoms in total. The lowest BCUT2D eigenvalue weighted by Crippen LogP contribution is -2.34. The van der Waals surface area contributed by atoms with E-state index in [9.17, 15) is 26.4 Å². The molecule has 20 heavy (non-hydrogen) atoms. The van der Waals surface area contributed by atoms with Gasteiger partial charge < -0.3 is 10.5 Å². The summed E-state index contributed by atoms with van der Waals surface area (Å²) in [7, 11) is -3.52. The normalized spacial score (nSPS) is 12.2. The van der Waals surface area contributed by atoms with E-state index in [0.717, 1.165) is 25.3 Å². The molecule has 0 spiro atoms. The summed E-state index contributed by atoms with van der Waals surface area (Å²) >= 11 is 0. The predicted molar refractivity (Wildman–Crippen MR) is 63.4 cm³/mol. The van der Waals surface area contributed by atoms with Crippen molar-refractivity contribution in [2.45, 2.75) is 11.1 Å². The SMILES string of the molecule is COC(=O)c1cc(N)ccc1S(=O)(=O)NCC(F)(F)F. The second-order valence-electron chi connectivity index (χ2n) is 3.69. The molecule has 0 saturated heterocycles. The molecular weight excluding hydrogens is 301 g/mol. The van der Waals surface area contributed by atoms with Crippen LogP contribution >= 0.6 is 0 Å². The number of nitrogens with one attached hydrogen (secondary N) is 1. The molecule has 112 valence electrons. The highest BCUT2D eigenvalue weighted by atomic mass is 32.2. The molecule has 0 aliphatic heterocycles. The average molecular weight is 312 g/mol. The molecule has 1 rings (SSSR count). The number of ether oxygens (including phenoxy) is 1. The molecule has 0 radical (unpaired) electrons. The molecule has 0 atom stereocenters. The zero-order chi connectivity index (χ0) is 15.6. The minimum Gasteiger partial charge on any atom is -0.465 e. The third-order valence-corrected chi connectivity index (χ3v) is 3.62. The fourth-order valence-electron chi connectivity index (χ4n) is 1.31. The van der Waals surface area contributed by atoms with Gasteiger partial charge in [-0.05, 0) is 18.2 Å². The molecule has 0 aromatic heterocycles. The number of anilines is 1. The maximum Gasteiger partial charge on any atom is 0.402 e. The van der Waals surface area contributed by atoms with Gasteiger partial charge in [0.05, 0.1) is 17.6 Å². The van der Waals surface area contributed by atoms with Crippen LogP contribution in [0.15, 0.2) is 23.1 Å². The molecule has 0 aliphatic carbocycles. The number of nitrogens with two attached hydrogens (primary N) is 1. The second kappa shape index (κ2) is 5.67. The van der Waals surface area contributed by atoms with Gasteiger partial charge in [-0.3, -0.25) is 0 Å². The third kappa shape index (κ3) is 4.10. The molecule has 0 heterocycles. The van der Waals surface area contributed by atoms with Gasteiger partial charge in [-0.2, -0.15) is 13.2 Å². The van der Waals surface area contributed by atoms with Crippen LogP contribution in [-0.2, 0) is 14.8 Å². The summed E-state index contributed by atoms with van der Waals surface area (Å²) in [5, 5.41) is 0. The second-order valence-corrected chi connectivity index (χ2v) is 5.42. The van der Waals surface area contributed by atoms with Crippen molar-refractivity contribution >= 4 is 21.7 Å². The minimum absolute atomic E-state index is 0.0696. The first-order chi connectivity index (χ1) is 9.07. The lowest BCUT2D eigenvalue weighted by atomic mass is 10.2. The molecule has 0 amide bonds. The number of carbonyl (C=O) groups is 1. The van der Waals surface area contributed by atoms with E-state index in [1.165, 1.54) is 4.72 Å². The van der Waals surface area contributed by atoms with E-state index >= 15 is 0 Å². The zero-order valence-electron chi connectivity index (χ0n) is 10.2. The number of alkyl halides is 3. The Morgan fingerprint density at radius 1 is 1.40 bits per heavy atom. The van der Waals surface area contributed by atoms with Crippen LogP contribution in [0, 0.1) is 0 Å². The first-order valence-corrected chi connectivity index (χ1v) is 6.59. The van der Waals surface area contributed by atoms with Gasteiger partial charge in [0.15, 0.2) is 0 Å². The van der Waals surface area contributed by atoms with Crippen molar-refractivity contribution in [1.29, 1.82) is 0 Å². The molecule has 1 aromatic rings. The Bertz CT molecular complexity index is 613. The van der Waals surface area contributed by atoms with Crippen LogP contribution in [0.3, 0.4) is 0 Å². The van der Waals surface area contributed by atoms with Gasteiger partial charge in [0, 0.05) is 5.69 Å². The van der Waals surface area contributed by atoms with Crippen molar-refractivity contribution < 1.29 is 31.1 Å². The molecule has 1 aromatic carbocycles. The van der Waals surface area contributed by atoms with Crippen LogP contribution in [0.4, 0.5) is 18.9 Å². The van der Waals surface area contributed by atoms with Gasteiger partial charge in [0.25, 0.3) is 0 Å². The highest BCUT2D eigenvalue weighted by molar-refractivity contribution is 7.89. The number of halogens is 3. The Hall–Kier alpha value is -1.81. The fraction of sp³-hybridized carbons (Fsp3) is 0.300. The van der Waals surface area contributed by atoms with E-state index in [0.29, 0.717) is 0 Å². The van der Waals surface area contributed by atoms with Crippen molar-refractivity contribution in [3.8, 4) is 0 Å². The van der Waals surface area contributed by atoms with Crippen LogP contribution in [-0.4, -0.2) is 34.2 Å². The number of methoxy groups -OCH3 is 1. The number of sulfonamides is 1. The van der Waals surface area contributed by atoms with E-state index in [4.69, 9.17) is 5.73 Å². The van der Waals surface area contributed by atoms with Gasteiger partial charge in [-0.1, -0.05) is 0 Å². The molecule has 0 aliphatic rings. The molecule has 3 N–H and O–H groups in total. The summed E-state index contributed by atoms with van der Waals surface area (Å²) in [6.07, 6.45) is -4.72. The first-order valence-electron chi connectivity index (χ1n) is 5.11. The maximum absolute atomic E-state index is 12.1. The lowest BCUT2D eigenvalue weighted by molar-refractivity contribution is -0.121. The number of carbonyl (C=O) groups excluding carboxylic acids is 1. The third-order valence-electron chi connectivity index (χ3n) is 2.16. The molecule has 0 bridgehead atoms. The molecule has 10 heteroatoms. The summed E-state index contributed by atoms with van der Waals surface area (Å²) in [5.41, 5.74) is 5.03. The van der Waals surface area contributed by atoms with Crippen molar-refractivity contribution in [2.24, 2.45) is 0 Å². The van der Waals surface area contributed by atoms with Gasteiger partial charge in [-0.15, -0.1) is 0 Å². The Labute approximate surface area is 112 Å². The molecule has 0 fully saturated rings. The van der Waals surface area contributed by atoms with Crippen LogP contribution in [0.1, 0.15) is 10.4 Å². The largest absolute Gasteiger partial charge is 0.465 e. The summed E-state index contributed by atoms with van der Waals surface area (Å²) in [4.78, 5) is 10.8. The first kappa shape index (κ1) is 16.2. The summed E-state index contributed by atoms with van der Waals surface area (Å²) in [6, 6.07) is 3.09. The van der Waals surface area contributed by atoms with Gasteiger partial charge in [0.1, 0.15) is 6.54 Å². The van der Waals surface area contributed by atoms with E-state index in [1.54, 1.807) is 0 Å². The number of hydrogen-bond acceptors (Lipinski definition) is 5. The standard InChI is InChI=1S/C10H11F3N2O4S/c1-19-9(16)7-4-6(14)2-3-8(7)20(17,18)15-5-10(11,12)13/h2-4,15H,5,14H2,1H3. The van der Waals surface area contributed by atoms with Crippen LogP contribution in [0.2, 0.25) is 0 Å². The highest BCUT2D eigenvalue weighted by Crippen LogP contribution is 2.21. The van der Waals surface area contributed by atoms with Gasteiger partial charge in [0.2, 0.25) is 10.0 Å². The molecular formula is C10H11F3N2O4S. The van der Waals surface area contributed by atoms with Gasteiger partial charge >= 0.3 is 12.1 Å². The van der Waals surface area contributed by atoms with Crippen LogP contribution < -0.4 is 10.5 Å². The number of rotatable bonds is 4. The number of hydrogen-bond donors (Lipinski definition) is 2. The van der Waals surface area contributed by atoms with E-state index < -0.39 is 39.2 Å². The van der Waals surface area contributed by atoms with Crippen molar-refractivity contribution in [3.05, 3.63) is 23.8 Å². The number of benzene rings is 1. The highest BCUT2D eigenvalue weighted by Gasteiger charge is 2.31. The Kier molecular flexibility index (Phi) is 4.61. The van der Waals surface area contributed by atoms with Crippen molar-refractivity contribution in [2.75, 3.05) is 19.4 Å². The van der Waals surface area contributed by atoms with Crippen molar-refractivity contribution in [1.82, 2.24) is 4.72 Å². The zero-order valence-corrected chi connectivity index (χ0v) is 11.0. The van der Waals surface area contributed by atoms with Crippen molar-refractivity contribution in [3.63, 3.8) is 0 Å². The average Bonchev–Trinajstić information content (AvgIpc) is 2.34. The Balaban J connectivity index is 3.21. The minimum atomic E-state index is -4.72. The quantitative estimate of drug-likeness (QED) is 0.635. The summed E-state index contributed by atoms with van der Waals surface area (Å²) in [5.74, 6) is -1.02. The predicted octanol–water partition coefficient (Wildman–Crippen LogP) is 0.896. The van der Waals surface area contributed by atoms with Crippen LogP contribution in [0.5, 0.6) is 0 Å². The van der Waals surface area contributed by atoms with Crippen LogP contribution in [0.25, 0.3) is 0 Å². The Morgan fingerprint density at radius 3 is 2.50 bits per heavy atom. The number of esters is 1. The lowest BCUT2D eigenvalue weighted by Gasteiger charge is -2.12. The fourth-order valence-corrected chi connectivity index (χ4v) is 2.49.